The fourth-order valence-electron chi connectivity index (χ4n) is 6.28. The predicted octanol–water partition coefficient (Wildman–Crippen LogP) is 2.24. The monoisotopic (exact) mass is 316 g/mol. The Morgan fingerprint density at radius 1 is 1.17 bits per heavy atom. The van der Waals surface area contributed by atoms with Crippen LogP contribution in [0.1, 0.15) is 51.9 Å². The van der Waals surface area contributed by atoms with Crippen LogP contribution < -0.4 is 0 Å². The Kier molecular flexibility index (Phi) is 3.22. The van der Waals surface area contributed by atoms with Gasteiger partial charge in [0.15, 0.2) is 11.6 Å². The Balaban J connectivity index is 1.74. The molecule has 124 valence electrons. The minimum Gasteiger partial charge on any atom is -0.385 e. The predicted molar refractivity (Wildman–Crippen MR) is 83.5 cm³/mol. The number of hydrogen-bond acceptors (Lipinski definition) is 4. The summed E-state index contributed by atoms with van der Waals surface area (Å²) in [4.78, 5) is 36.3. The van der Waals surface area contributed by atoms with Crippen LogP contribution in [0.5, 0.6) is 0 Å². The summed E-state index contributed by atoms with van der Waals surface area (Å²) >= 11 is 0. The summed E-state index contributed by atoms with van der Waals surface area (Å²) in [6, 6.07) is 0. The third-order valence-corrected chi connectivity index (χ3v) is 7.51. The molecule has 0 amide bonds. The van der Waals surface area contributed by atoms with Crippen molar-refractivity contribution in [3.63, 3.8) is 0 Å². The maximum absolute atomic E-state index is 12.4. The van der Waals surface area contributed by atoms with Crippen LogP contribution in [0.3, 0.4) is 0 Å². The first kappa shape index (κ1) is 15.3. The molecule has 4 aliphatic rings. The number of rotatable bonds is 1. The third kappa shape index (κ3) is 1.84. The Morgan fingerprint density at radius 3 is 2.70 bits per heavy atom. The Bertz CT molecular complexity index is 621. The number of carbonyl (C=O) groups excluding carboxylic acids is 3. The minimum atomic E-state index is -0.833. The summed E-state index contributed by atoms with van der Waals surface area (Å²) < 4.78 is 0. The first-order valence-electron chi connectivity index (χ1n) is 8.85. The molecular weight excluding hydrogens is 292 g/mol. The van der Waals surface area contributed by atoms with Crippen LogP contribution in [0, 0.1) is 28.6 Å². The van der Waals surface area contributed by atoms with E-state index in [9.17, 15) is 19.5 Å². The van der Waals surface area contributed by atoms with E-state index in [1.807, 2.05) is 6.92 Å². The van der Waals surface area contributed by atoms with E-state index >= 15 is 0 Å². The van der Waals surface area contributed by atoms with Gasteiger partial charge in [0.05, 0.1) is 5.41 Å². The van der Waals surface area contributed by atoms with Gasteiger partial charge in [0.1, 0.15) is 12.4 Å². The van der Waals surface area contributed by atoms with Crippen LogP contribution in [0.15, 0.2) is 11.6 Å². The molecule has 0 aromatic carbocycles. The van der Waals surface area contributed by atoms with Gasteiger partial charge >= 0.3 is 0 Å². The van der Waals surface area contributed by atoms with Gasteiger partial charge in [-0.2, -0.15) is 0 Å². The van der Waals surface area contributed by atoms with Crippen molar-refractivity contribution in [2.45, 2.75) is 58.0 Å². The smallest absolute Gasteiger partial charge is 0.167 e. The lowest BCUT2D eigenvalue weighted by molar-refractivity contribution is -0.138. The number of hydrogen-bond donors (Lipinski definition) is 1. The maximum atomic E-state index is 12.4. The van der Waals surface area contributed by atoms with Crippen molar-refractivity contribution < 1.29 is 19.5 Å². The third-order valence-electron chi connectivity index (χ3n) is 7.51. The molecule has 3 fully saturated rings. The number of allylic oxidation sites excluding steroid dienone is 1. The van der Waals surface area contributed by atoms with E-state index in [4.69, 9.17) is 0 Å². The summed E-state index contributed by atoms with van der Waals surface area (Å²) in [6.07, 6.45) is 6.92. The van der Waals surface area contributed by atoms with E-state index in [2.05, 4.69) is 0 Å². The zero-order chi connectivity index (χ0) is 16.4. The summed E-state index contributed by atoms with van der Waals surface area (Å²) in [7, 11) is 0. The molecule has 1 N–H and O–H groups in total. The van der Waals surface area contributed by atoms with E-state index in [1.54, 1.807) is 6.08 Å². The van der Waals surface area contributed by atoms with Crippen LogP contribution in [0.2, 0.25) is 0 Å². The van der Waals surface area contributed by atoms with Gasteiger partial charge in [0, 0.05) is 11.8 Å². The second-order valence-electron chi connectivity index (χ2n) is 8.28. The lowest BCUT2D eigenvalue weighted by Crippen LogP contribution is -2.52. The molecule has 0 spiro atoms. The molecule has 0 aliphatic heterocycles. The second kappa shape index (κ2) is 4.85. The zero-order valence-corrected chi connectivity index (χ0v) is 13.6. The number of aliphatic hydroxyl groups is 1. The van der Waals surface area contributed by atoms with Crippen molar-refractivity contribution >= 4 is 17.9 Å². The lowest BCUT2D eigenvalue weighted by atomic mass is 9.47. The van der Waals surface area contributed by atoms with Gasteiger partial charge in [-0.3, -0.25) is 9.59 Å². The number of aldehydes is 1. The molecule has 0 unspecified atom stereocenters. The topological polar surface area (TPSA) is 71.4 Å². The fourth-order valence-corrected chi connectivity index (χ4v) is 6.28. The molecule has 4 rings (SSSR count). The average molecular weight is 316 g/mol. The van der Waals surface area contributed by atoms with Crippen molar-refractivity contribution in [2.24, 2.45) is 28.6 Å². The molecule has 4 aliphatic carbocycles. The highest BCUT2D eigenvalue weighted by Crippen LogP contribution is 2.63. The molecule has 23 heavy (non-hydrogen) atoms. The maximum Gasteiger partial charge on any atom is 0.167 e. The van der Waals surface area contributed by atoms with Crippen molar-refractivity contribution in [1.29, 1.82) is 0 Å². The molecule has 0 bridgehead atoms. The van der Waals surface area contributed by atoms with Crippen molar-refractivity contribution in [1.82, 2.24) is 0 Å². The minimum absolute atomic E-state index is 0.00117. The SMILES string of the molecule is C[C@]12CC[C@H]3[C@@H](CCC4=CC(=O)CC[C@@]43C=O)[C@@H]1C[C@@H](O)C2=O. The molecule has 6 atom stereocenters. The van der Waals surface area contributed by atoms with Gasteiger partial charge in [-0.25, -0.2) is 0 Å². The van der Waals surface area contributed by atoms with Gasteiger partial charge in [-0.05, 0) is 62.4 Å². The largest absolute Gasteiger partial charge is 0.385 e. The van der Waals surface area contributed by atoms with Crippen molar-refractivity contribution in [3.05, 3.63) is 11.6 Å². The first-order valence-corrected chi connectivity index (χ1v) is 8.85. The first-order chi connectivity index (χ1) is 10.9. The van der Waals surface area contributed by atoms with Gasteiger partial charge in [-0.15, -0.1) is 0 Å². The quantitative estimate of drug-likeness (QED) is 0.753. The van der Waals surface area contributed by atoms with Gasteiger partial charge in [0.2, 0.25) is 0 Å². The van der Waals surface area contributed by atoms with E-state index in [0.717, 1.165) is 37.5 Å². The summed E-state index contributed by atoms with van der Waals surface area (Å²) in [5.74, 6) is 0.860. The van der Waals surface area contributed by atoms with E-state index in [-0.39, 0.29) is 23.4 Å². The van der Waals surface area contributed by atoms with E-state index < -0.39 is 16.9 Å². The Morgan fingerprint density at radius 2 is 1.96 bits per heavy atom. The molecule has 0 radical (unpaired) electrons. The highest BCUT2D eigenvalue weighted by atomic mass is 16.3. The van der Waals surface area contributed by atoms with Gasteiger partial charge < -0.3 is 9.90 Å². The molecule has 3 saturated carbocycles. The van der Waals surface area contributed by atoms with Crippen LogP contribution in [-0.2, 0) is 14.4 Å². The van der Waals surface area contributed by atoms with Crippen LogP contribution >= 0.6 is 0 Å². The number of Topliss-reactive ketones (excluding diaryl/α,β-unsaturated/α-hetero) is 1. The molecular formula is C19H24O4. The van der Waals surface area contributed by atoms with Crippen LogP contribution in [0.25, 0.3) is 0 Å². The molecule has 4 heteroatoms. The fraction of sp³-hybridized carbons (Fsp3) is 0.737. The van der Waals surface area contributed by atoms with Gasteiger partial charge in [0.25, 0.3) is 0 Å². The van der Waals surface area contributed by atoms with Crippen molar-refractivity contribution in [3.8, 4) is 0 Å². The molecule has 0 aromatic rings. The van der Waals surface area contributed by atoms with Gasteiger partial charge in [-0.1, -0.05) is 12.5 Å². The average Bonchev–Trinajstić information content (AvgIpc) is 2.78. The van der Waals surface area contributed by atoms with Crippen LogP contribution in [-0.4, -0.2) is 29.1 Å². The normalized spacial score (nSPS) is 49.0. The van der Waals surface area contributed by atoms with E-state index in [0.29, 0.717) is 25.2 Å². The number of aliphatic hydroxyl groups excluding tert-OH is 1. The molecule has 0 aromatic heterocycles. The standard InChI is InChI=1S/C19H24O4/c1-18-6-5-14-13(15(18)9-16(22)17(18)23)3-2-11-8-12(21)4-7-19(11,14)10-20/h8,10,13-16,22H,2-7,9H2,1H3/t13-,14+,15+,16-,18+,19-/m1/s1. The highest BCUT2D eigenvalue weighted by Gasteiger charge is 2.62. The number of ketones is 2. The molecule has 0 saturated heterocycles. The summed E-state index contributed by atoms with van der Waals surface area (Å²) in [5.41, 5.74) is 0.115. The Labute approximate surface area is 136 Å². The highest BCUT2D eigenvalue weighted by molar-refractivity contribution is 5.94. The van der Waals surface area contributed by atoms with E-state index in [1.165, 1.54) is 0 Å². The molecule has 4 nitrogen and oxygen atoms in total. The van der Waals surface area contributed by atoms with Crippen LogP contribution in [0.4, 0.5) is 0 Å². The second-order valence-corrected chi connectivity index (χ2v) is 8.28. The number of fused-ring (bicyclic) bond motifs is 5. The summed E-state index contributed by atoms with van der Waals surface area (Å²) in [5, 5.41) is 10.1. The summed E-state index contributed by atoms with van der Waals surface area (Å²) in [6.45, 7) is 2.01. The zero-order valence-electron chi connectivity index (χ0n) is 13.6. The lowest BCUT2D eigenvalue weighted by Gasteiger charge is -2.55. The molecule has 0 heterocycles. The van der Waals surface area contributed by atoms with Crippen molar-refractivity contribution in [2.75, 3.05) is 0 Å². The number of carbonyl (C=O) groups is 3. The Hall–Kier alpha value is -1.29.